The van der Waals surface area contributed by atoms with E-state index < -0.39 is 16.1 Å². The standard InChI is InChI=1S/C10H17NO5S2/c1-15-7-8(3-5-12)11-18(13,14)10-9(16-2)4-6-17-10/h4,6,8,11-12H,3,5,7H2,1-2H3. The molecule has 0 aromatic carbocycles. The molecule has 0 radical (unpaired) electrons. The van der Waals surface area contributed by atoms with Crippen LogP contribution in [-0.4, -0.2) is 47.0 Å². The number of nitrogens with one attached hydrogen (secondary N) is 1. The summed E-state index contributed by atoms with van der Waals surface area (Å²) in [6.07, 6.45) is 0.292. The fraction of sp³-hybridized carbons (Fsp3) is 0.600. The number of methoxy groups -OCH3 is 2. The van der Waals surface area contributed by atoms with Gasteiger partial charge >= 0.3 is 0 Å². The van der Waals surface area contributed by atoms with E-state index in [-0.39, 0.29) is 17.4 Å². The molecular weight excluding hydrogens is 278 g/mol. The number of aliphatic hydroxyl groups is 1. The van der Waals surface area contributed by atoms with E-state index in [0.717, 1.165) is 11.3 Å². The second kappa shape index (κ2) is 7.05. The van der Waals surface area contributed by atoms with Crippen LogP contribution < -0.4 is 9.46 Å². The predicted octanol–water partition coefficient (Wildman–Crippen LogP) is 0.432. The van der Waals surface area contributed by atoms with E-state index in [4.69, 9.17) is 14.6 Å². The van der Waals surface area contributed by atoms with Crippen LogP contribution in [0.2, 0.25) is 0 Å². The molecule has 0 bridgehead atoms. The van der Waals surface area contributed by atoms with Crippen LogP contribution in [0.15, 0.2) is 15.7 Å². The summed E-state index contributed by atoms with van der Waals surface area (Å²) in [6, 6.07) is 1.13. The van der Waals surface area contributed by atoms with Crippen LogP contribution >= 0.6 is 11.3 Å². The van der Waals surface area contributed by atoms with Crippen molar-refractivity contribution in [3.8, 4) is 5.75 Å². The summed E-state index contributed by atoms with van der Waals surface area (Å²) >= 11 is 1.08. The first kappa shape index (κ1) is 15.4. The maximum Gasteiger partial charge on any atom is 0.254 e. The monoisotopic (exact) mass is 295 g/mol. The molecule has 0 amide bonds. The van der Waals surface area contributed by atoms with E-state index >= 15 is 0 Å². The summed E-state index contributed by atoms with van der Waals surface area (Å²) in [5.41, 5.74) is 0. The number of hydrogen-bond acceptors (Lipinski definition) is 6. The highest BCUT2D eigenvalue weighted by Gasteiger charge is 2.24. The molecule has 8 heteroatoms. The zero-order chi connectivity index (χ0) is 13.6. The van der Waals surface area contributed by atoms with Crippen molar-refractivity contribution in [3.05, 3.63) is 11.4 Å². The maximum absolute atomic E-state index is 12.1. The molecule has 0 aliphatic heterocycles. The molecule has 0 fully saturated rings. The number of hydrogen-bond donors (Lipinski definition) is 2. The quantitative estimate of drug-likeness (QED) is 0.726. The lowest BCUT2D eigenvalue weighted by atomic mass is 10.2. The summed E-state index contributed by atoms with van der Waals surface area (Å²) < 4.78 is 36.7. The second-order valence-corrected chi connectivity index (χ2v) is 6.39. The van der Waals surface area contributed by atoms with Gasteiger partial charge in [0.25, 0.3) is 10.0 Å². The third-order valence-electron chi connectivity index (χ3n) is 2.23. The fourth-order valence-electron chi connectivity index (χ4n) is 1.44. The van der Waals surface area contributed by atoms with Gasteiger partial charge in [-0.05, 0) is 17.9 Å². The molecule has 2 N–H and O–H groups in total. The Balaban J connectivity index is 2.86. The third kappa shape index (κ3) is 3.92. The van der Waals surface area contributed by atoms with Gasteiger partial charge in [-0.2, -0.15) is 0 Å². The molecule has 1 aromatic heterocycles. The van der Waals surface area contributed by atoms with Crippen molar-refractivity contribution >= 4 is 21.4 Å². The molecule has 0 aliphatic rings. The summed E-state index contributed by atoms with van der Waals surface area (Å²) in [4.78, 5) is 0. The predicted molar refractivity (Wildman–Crippen MR) is 68.6 cm³/mol. The summed E-state index contributed by atoms with van der Waals surface area (Å²) in [7, 11) is -0.756. The van der Waals surface area contributed by atoms with E-state index in [1.807, 2.05) is 0 Å². The van der Waals surface area contributed by atoms with Crippen LogP contribution in [0, 0.1) is 0 Å². The zero-order valence-corrected chi connectivity index (χ0v) is 11.9. The van der Waals surface area contributed by atoms with Gasteiger partial charge in [0.15, 0.2) is 4.21 Å². The molecule has 1 atom stereocenters. The van der Waals surface area contributed by atoms with Crippen molar-refractivity contribution in [3.63, 3.8) is 0 Å². The molecule has 0 aliphatic carbocycles. The Bertz CT molecular complexity index is 451. The average Bonchev–Trinajstić information content (AvgIpc) is 2.78. The molecule has 0 spiro atoms. The van der Waals surface area contributed by atoms with Gasteiger partial charge in [-0.15, -0.1) is 11.3 Å². The molecule has 1 aromatic rings. The minimum atomic E-state index is -3.65. The highest BCUT2D eigenvalue weighted by Crippen LogP contribution is 2.29. The van der Waals surface area contributed by atoms with Crippen molar-refractivity contribution in [2.75, 3.05) is 27.4 Å². The van der Waals surface area contributed by atoms with Gasteiger partial charge in [0.1, 0.15) is 5.75 Å². The van der Waals surface area contributed by atoms with Gasteiger partial charge in [0.2, 0.25) is 0 Å². The van der Waals surface area contributed by atoms with Crippen LogP contribution in [0.3, 0.4) is 0 Å². The van der Waals surface area contributed by atoms with Crippen molar-refractivity contribution in [1.82, 2.24) is 4.72 Å². The van der Waals surface area contributed by atoms with E-state index in [2.05, 4.69) is 4.72 Å². The van der Waals surface area contributed by atoms with E-state index in [1.165, 1.54) is 14.2 Å². The Morgan fingerprint density at radius 1 is 1.50 bits per heavy atom. The lowest BCUT2D eigenvalue weighted by molar-refractivity contribution is 0.158. The first-order valence-corrected chi connectivity index (χ1v) is 7.65. The molecule has 18 heavy (non-hydrogen) atoms. The topological polar surface area (TPSA) is 84.9 Å². The lowest BCUT2D eigenvalue weighted by Crippen LogP contribution is -2.38. The van der Waals surface area contributed by atoms with Crippen LogP contribution in [0.25, 0.3) is 0 Å². The fourth-order valence-corrected chi connectivity index (χ4v) is 3.99. The van der Waals surface area contributed by atoms with Crippen LogP contribution in [0.4, 0.5) is 0 Å². The summed E-state index contributed by atoms with van der Waals surface area (Å²) in [5.74, 6) is 0.313. The van der Waals surface area contributed by atoms with E-state index in [9.17, 15) is 8.42 Å². The minimum absolute atomic E-state index is 0.113. The highest BCUT2D eigenvalue weighted by molar-refractivity contribution is 7.91. The smallest absolute Gasteiger partial charge is 0.254 e. The van der Waals surface area contributed by atoms with Gasteiger partial charge < -0.3 is 14.6 Å². The third-order valence-corrected chi connectivity index (χ3v) is 5.19. The molecule has 1 rings (SSSR count). The average molecular weight is 295 g/mol. The normalized spacial score (nSPS) is 13.5. The highest BCUT2D eigenvalue weighted by atomic mass is 32.2. The molecule has 6 nitrogen and oxygen atoms in total. The minimum Gasteiger partial charge on any atom is -0.494 e. The Kier molecular flexibility index (Phi) is 6.03. The Morgan fingerprint density at radius 3 is 2.78 bits per heavy atom. The summed E-state index contributed by atoms with van der Waals surface area (Å²) in [6.45, 7) is 0.0889. The molecule has 0 saturated carbocycles. The largest absolute Gasteiger partial charge is 0.494 e. The van der Waals surface area contributed by atoms with Crippen LogP contribution in [-0.2, 0) is 14.8 Å². The number of ether oxygens (including phenoxy) is 2. The van der Waals surface area contributed by atoms with E-state index in [1.54, 1.807) is 11.4 Å². The second-order valence-electron chi connectivity index (χ2n) is 3.56. The first-order valence-electron chi connectivity index (χ1n) is 5.28. The Morgan fingerprint density at radius 2 is 2.22 bits per heavy atom. The van der Waals surface area contributed by atoms with Gasteiger partial charge in [-0.3, -0.25) is 0 Å². The van der Waals surface area contributed by atoms with Gasteiger partial charge in [-0.1, -0.05) is 0 Å². The summed E-state index contributed by atoms with van der Waals surface area (Å²) in [5, 5.41) is 10.5. The maximum atomic E-state index is 12.1. The number of sulfonamides is 1. The first-order chi connectivity index (χ1) is 8.55. The number of rotatable bonds is 8. The van der Waals surface area contributed by atoms with Crippen LogP contribution in [0.1, 0.15) is 6.42 Å². The van der Waals surface area contributed by atoms with E-state index in [0.29, 0.717) is 12.2 Å². The lowest BCUT2D eigenvalue weighted by Gasteiger charge is -2.16. The van der Waals surface area contributed by atoms with Gasteiger partial charge in [0.05, 0.1) is 13.7 Å². The molecule has 1 unspecified atom stereocenters. The molecule has 104 valence electrons. The van der Waals surface area contributed by atoms with Crippen molar-refractivity contribution in [2.24, 2.45) is 0 Å². The SMILES string of the molecule is COCC(CCO)NS(=O)(=O)c1sccc1OC. The van der Waals surface area contributed by atoms with Gasteiger partial charge in [-0.25, -0.2) is 13.1 Å². The Hall–Kier alpha value is -0.670. The van der Waals surface area contributed by atoms with Crippen molar-refractivity contribution in [2.45, 2.75) is 16.7 Å². The van der Waals surface area contributed by atoms with Crippen molar-refractivity contribution < 1.29 is 23.0 Å². The number of aliphatic hydroxyl groups excluding tert-OH is 1. The van der Waals surface area contributed by atoms with Crippen LogP contribution in [0.5, 0.6) is 5.75 Å². The molecular formula is C10H17NO5S2. The molecule has 0 saturated heterocycles. The molecule has 1 heterocycles. The zero-order valence-electron chi connectivity index (χ0n) is 10.3. The van der Waals surface area contributed by atoms with Crippen molar-refractivity contribution in [1.29, 1.82) is 0 Å². The number of thiophene rings is 1. The van der Waals surface area contributed by atoms with Gasteiger partial charge in [0, 0.05) is 19.8 Å². The Labute approximate surface area is 111 Å².